The Morgan fingerprint density at radius 3 is 2.86 bits per heavy atom. The lowest BCUT2D eigenvalue weighted by Gasteiger charge is -2.19. The second-order valence-electron chi connectivity index (χ2n) is 5.24. The zero-order valence-electron chi connectivity index (χ0n) is 12.8. The second-order valence-corrected chi connectivity index (χ2v) is 6.15. The zero-order valence-corrected chi connectivity index (χ0v) is 13.6. The van der Waals surface area contributed by atoms with E-state index in [2.05, 4.69) is 60.1 Å². The van der Waals surface area contributed by atoms with E-state index in [1.807, 2.05) is 23.1 Å². The maximum atomic E-state index is 4.61. The van der Waals surface area contributed by atoms with Crippen LogP contribution in [0.2, 0.25) is 0 Å². The van der Waals surface area contributed by atoms with Crippen LogP contribution < -0.4 is 5.32 Å². The van der Waals surface area contributed by atoms with Crippen molar-refractivity contribution < 1.29 is 0 Å². The Balaban J connectivity index is 2.15. The molecule has 1 N–H and O–H groups in total. The molecule has 0 aliphatic carbocycles. The molecule has 0 aliphatic rings. The van der Waals surface area contributed by atoms with Crippen LogP contribution in [0, 0.1) is 0 Å². The standard InChI is InChI=1S/C17H21N3S/c1-4-15-14(11-20(3)19-15)16(18-5-2)13-8-6-7-12-9-10-21-17(12)13/h6-11,16,18H,4-5H2,1-3H3. The number of hydrogen-bond donors (Lipinski definition) is 1. The summed E-state index contributed by atoms with van der Waals surface area (Å²) in [4.78, 5) is 0. The highest BCUT2D eigenvalue weighted by molar-refractivity contribution is 7.17. The molecule has 3 aromatic rings. The highest BCUT2D eigenvalue weighted by Crippen LogP contribution is 2.33. The molecule has 0 aliphatic heterocycles. The maximum absolute atomic E-state index is 4.61. The van der Waals surface area contributed by atoms with Crippen molar-refractivity contribution in [2.24, 2.45) is 7.05 Å². The number of thiophene rings is 1. The first-order valence-electron chi connectivity index (χ1n) is 7.46. The molecule has 2 aromatic heterocycles. The normalized spacial score (nSPS) is 12.9. The van der Waals surface area contributed by atoms with Crippen LogP contribution in [-0.4, -0.2) is 16.3 Å². The molecule has 21 heavy (non-hydrogen) atoms. The summed E-state index contributed by atoms with van der Waals surface area (Å²) >= 11 is 1.82. The predicted molar refractivity (Wildman–Crippen MR) is 89.9 cm³/mol. The predicted octanol–water partition coefficient (Wildman–Crippen LogP) is 3.90. The van der Waals surface area contributed by atoms with Gasteiger partial charge in [0.05, 0.1) is 11.7 Å². The summed E-state index contributed by atoms with van der Waals surface area (Å²) in [7, 11) is 2.00. The van der Waals surface area contributed by atoms with Gasteiger partial charge in [-0.15, -0.1) is 11.3 Å². The number of aryl methyl sites for hydroxylation is 2. The van der Waals surface area contributed by atoms with E-state index in [1.165, 1.54) is 26.9 Å². The Hall–Kier alpha value is -1.65. The van der Waals surface area contributed by atoms with Crippen LogP contribution in [0.1, 0.15) is 36.7 Å². The Bertz CT molecular complexity index is 741. The fourth-order valence-electron chi connectivity index (χ4n) is 2.90. The van der Waals surface area contributed by atoms with Gasteiger partial charge in [0.25, 0.3) is 0 Å². The molecule has 0 saturated carbocycles. The van der Waals surface area contributed by atoms with Crippen molar-refractivity contribution in [1.82, 2.24) is 15.1 Å². The Kier molecular flexibility index (Phi) is 4.08. The van der Waals surface area contributed by atoms with E-state index in [0.29, 0.717) is 0 Å². The van der Waals surface area contributed by atoms with Crippen molar-refractivity contribution in [1.29, 1.82) is 0 Å². The molecule has 3 rings (SSSR count). The molecule has 0 fully saturated rings. The third-order valence-electron chi connectivity index (χ3n) is 3.81. The van der Waals surface area contributed by atoms with Crippen LogP contribution in [0.5, 0.6) is 0 Å². The van der Waals surface area contributed by atoms with E-state index in [0.717, 1.165) is 13.0 Å². The summed E-state index contributed by atoms with van der Waals surface area (Å²) in [5, 5.41) is 11.7. The minimum atomic E-state index is 0.209. The van der Waals surface area contributed by atoms with E-state index in [-0.39, 0.29) is 6.04 Å². The SMILES string of the molecule is CCNC(c1cn(C)nc1CC)c1cccc2ccsc12. The van der Waals surface area contributed by atoms with Gasteiger partial charge in [0, 0.05) is 23.5 Å². The van der Waals surface area contributed by atoms with Crippen LogP contribution in [0.15, 0.2) is 35.8 Å². The minimum absolute atomic E-state index is 0.209. The van der Waals surface area contributed by atoms with Crippen molar-refractivity contribution in [3.63, 3.8) is 0 Å². The van der Waals surface area contributed by atoms with Crippen molar-refractivity contribution >= 4 is 21.4 Å². The highest BCUT2D eigenvalue weighted by Gasteiger charge is 2.21. The molecular weight excluding hydrogens is 278 g/mol. The lowest BCUT2D eigenvalue weighted by molar-refractivity contribution is 0.629. The van der Waals surface area contributed by atoms with Crippen LogP contribution in [0.25, 0.3) is 10.1 Å². The first-order valence-corrected chi connectivity index (χ1v) is 8.34. The molecular formula is C17H21N3S. The molecule has 0 saturated heterocycles. The second kappa shape index (κ2) is 6.00. The number of rotatable bonds is 5. The summed E-state index contributed by atoms with van der Waals surface area (Å²) in [6, 6.07) is 8.97. The molecule has 3 nitrogen and oxygen atoms in total. The number of fused-ring (bicyclic) bond motifs is 1. The molecule has 110 valence electrons. The summed E-state index contributed by atoms with van der Waals surface area (Å²) < 4.78 is 3.29. The van der Waals surface area contributed by atoms with Crippen LogP contribution in [-0.2, 0) is 13.5 Å². The fourth-order valence-corrected chi connectivity index (χ4v) is 3.85. The summed E-state index contributed by atoms with van der Waals surface area (Å²) in [5.74, 6) is 0. The van der Waals surface area contributed by atoms with Gasteiger partial charge in [0.15, 0.2) is 0 Å². The molecule has 0 amide bonds. The first-order chi connectivity index (χ1) is 10.2. The molecule has 1 aromatic carbocycles. The summed E-state index contributed by atoms with van der Waals surface area (Å²) in [5.41, 5.74) is 3.83. The lowest BCUT2D eigenvalue weighted by atomic mass is 9.97. The molecule has 4 heteroatoms. The van der Waals surface area contributed by atoms with Gasteiger partial charge >= 0.3 is 0 Å². The largest absolute Gasteiger partial charge is 0.306 e. The number of nitrogens with zero attached hydrogens (tertiary/aromatic N) is 2. The number of aromatic nitrogens is 2. The van der Waals surface area contributed by atoms with E-state index in [9.17, 15) is 0 Å². The molecule has 2 heterocycles. The molecule has 0 spiro atoms. The third-order valence-corrected chi connectivity index (χ3v) is 4.79. The van der Waals surface area contributed by atoms with Crippen molar-refractivity contribution in [2.45, 2.75) is 26.3 Å². The van der Waals surface area contributed by atoms with E-state index in [1.54, 1.807) is 0 Å². The molecule has 1 unspecified atom stereocenters. The number of hydrogen-bond acceptors (Lipinski definition) is 3. The number of benzene rings is 1. The van der Waals surface area contributed by atoms with Gasteiger partial charge < -0.3 is 5.32 Å². The summed E-state index contributed by atoms with van der Waals surface area (Å²) in [6.07, 6.45) is 3.11. The van der Waals surface area contributed by atoms with Crippen molar-refractivity contribution in [3.05, 3.63) is 52.7 Å². The number of nitrogens with one attached hydrogen (secondary N) is 1. The topological polar surface area (TPSA) is 29.9 Å². The van der Waals surface area contributed by atoms with E-state index >= 15 is 0 Å². The Labute approximate surface area is 129 Å². The maximum Gasteiger partial charge on any atom is 0.0673 e. The minimum Gasteiger partial charge on any atom is -0.306 e. The zero-order chi connectivity index (χ0) is 14.8. The van der Waals surface area contributed by atoms with Gasteiger partial charge in [0.2, 0.25) is 0 Å². The average Bonchev–Trinajstić information content (AvgIpc) is 3.10. The third kappa shape index (κ3) is 2.61. The van der Waals surface area contributed by atoms with Gasteiger partial charge in [0.1, 0.15) is 0 Å². The molecule has 0 bridgehead atoms. The van der Waals surface area contributed by atoms with Gasteiger partial charge in [-0.05, 0) is 35.4 Å². The van der Waals surface area contributed by atoms with Crippen LogP contribution >= 0.6 is 11.3 Å². The average molecular weight is 299 g/mol. The summed E-state index contributed by atoms with van der Waals surface area (Å²) in [6.45, 7) is 5.26. The van der Waals surface area contributed by atoms with Gasteiger partial charge in [-0.1, -0.05) is 32.0 Å². The fraction of sp³-hybridized carbons (Fsp3) is 0.353. The van der Waals surface area contributed by atoms with Crippen LogP contribution in [0.4, 0.5) is 0 Å². The van der Waals surface area contributed by atoms with Crippen molar-refractivity contribution in [2.75, 3.05) is 6.54 Å². The van der Waals surface area contributed by atoms with Crippen LogP contribution in [0.3, 0.4) is 0 Å². The highest BCUT2D eigenvalue weighted by atomic mass is 32.1. The molecule has 0 radical (unpaired) electrons. The van der Waals surface area contributed by atoms with E-state index in [4.69, 9.17) is 0 Å². The van der Waals surface area contributed by atoms with Crippen molar-refractivity contribution in [3.8, 4) is 0 Å². The monoisotopic (exact) mass is 299 g/mol. The Morgan fingerprint density at radius 2 is 2.10 bits per heavy atom. The van der Waals surface area contributed by atoms with Gasteiger partial charge in [-0.3, -0.25) is 4.68 Å². The van der Waals surface area contributed by atoms with E-state index < -0.39 is 0 Å². The van der Waals surface area contributed by atoms with Gasteiger partial charge in [-0.2, -0.15) is 5.10 Å². The first kappa shape index (κ1) is 14.3. The smallest absolute Gasteiger partial charge is 0.0673 e. The van der Waals surface area contributed by atoms with Gasteiger partial charge in [-0.25, -0.2) is 0 Å². The molecule has 1 atom stereocenters. The quantitative estimate of drug-likeness (QED) is 0.774. The lowest BCUT2D eigenvalue weighted by Crippen LogP contribution is -2.22. The Morgan fingerprint density at radius 1 is 1.24 bits per heavy atom.